The molecule has 152 valence electrons. The Labute approximate surface area is 179 Å². The molecule has 0 saturated carbocycles. The number of carbonyl (C=O) groups excluding carboxylic acids is 1. The van der Waals surface area contributed by atoms with Crippen LogP contribution in [0.2, 0.25) is 0 Å². The Hall–Kier alpha value is -3.12. The number of nitrogens with one attached hydrogen (secondary N) is 1. The molecular formula is C24H23N3O2S. The zero-order chi connectivity index (χ0) is 21.1. The fourth-order valence-electron chi connectivity index (χ4n) is 3.66. The average molecular weight is 418 g/mol. The van der Waals surface area contributed by atoms with E-state index < -0.39 is 0 Å². The van der Waals surface area contributed by atoms with Gasteiger partial charge in [-0.25, -0.2) is 4.98 Å². The lowest BCUT2D eigenvalue weighted by molar-refractivity contribution is -0.119. The number of aromatic nitrogens is 2. The maximum absolute atomic E-state index is 12.7. The minimum absolute atomic E-state index is 0.0740. The van der Waals surface area contributed by atoms with Crippen molar-refractivity contribution in [3.63, 3.8) is 0 Å². The van der Waals surface area contributed by atoms with Crippen LogP contribution in [0.3, 0.4) is 0 Å². The van der Waals surface area contributed by atoms with Crippen molar-refractivity contribution in [2.24, 2.45) is 0 Å². The molecule has 4 rings (SSSR count). The molecule has 3 aromatic carbocycles. The molecule has 1 heterocycles. The molecule has 0 radical (unpaired) electrons. The fourth-order valence-corrected chi connectivity index (χ4v) is 4.53. The SMILES string of the molecule is CCn1c(SCC(=O)N[C@H](C)c2cccc3ccccc23)nc2ccccc2c1=O. The molecule has 0 bridgehead atoms. The normalized spacial score (nSPS) is 12.2. The van der Waals surface area contributed by atoms with Crippen LogP contribution >= 0.6 is 11.8 Å². The van der Waals surface area contributed by atoms with Gasteiger partial charge in [0.1, 0.15) is 0 Å². The Kier molecular flexibility index (Phi) is 5.86. The number of benzene rings is 3. The van der Waals surface area contributed by atoms with Gasteiger partial charge in [-0.05, 0) is 42.3 Å². The van der Waals surface area contributed by atoms with E-state index in [0.717, 1.165) is 16.3 Å². The van der Waals surface area contributed by atoms with E-state index in [1.807, 2.05) is 56.3 Å². The minimum Gasteiger partial charge on any atom is -0.349 e. The van der Waals surface area contributed by atoms with E-state index in [0.29, 0.717) is 22.6 Å². The van der Waals surface area contributed by atoms with Crippen LogP contribution < -0.4 is 10.9 Å². The highest BCUT2D eigenvalue weighted by atomic mass is 32.2. The molecular weight excluding hydrogens is 394 g/mol. The lowest BCUT2D eigenvalue weighted by atomic mass is 10.00. The van der Waals surface area contributed by atoms with Gasteiger partial charge in [-0.15, -0.1) is 0 Å². The second kappa shape index (κ2) is 8.71. The summed E-state index contributed by atoms with van der Waals surface area (Å²) in [7, 11) is 0. The quantitative estimate of drug-likeness (QED) is 0.370. The Morgan fingerprint density at radius 1 is 1.03 bits per heavy atom. The fraction of sp³-hybridized carbons (Fsp3) is 0.208. The van der Waals surface area contributed by atoms with Crippen LogP contribution in [0.5, 0.6) is 0 Å². The lowest BCUT2D eigenvalue weighted by Crippen LogP contribution is -2.29. The van der Waals surface area contributed by atoms with E-state index in [2.05, 4.69) is 28.5 Å². The van der Waals surface area contributed by atoms with Gasteiger partial charge < -0.3 is 5.32 Å². The third-order valence-corrected chi connectivity index (χ3v) is 6.12. The molecule has 0 saturated heterocycles. The molecule has 0 aliphatic carbocycles. The van der Waals surface area contributed by atoms with E-state index in [9.17, 15) is 9.59 Å². The molecule has 0 aliphatic rings. The summed E-state index contributed by atoms with van der Waals surface area (Å²) in [5.41, 5.74) is 1.66. The Bertz CT molecular complexity index is 1280. The molecule has 0 aliphatic heterocycles. The second-order valence-corrected chi connectivity index (χ2v) is 8.05. The van der Waals surface area contributed by atoms with Crippen LogP contribution in [0.25, 0.3) is 21.7 Å². The second-order valence-electron chi connectivity index (χ2n) is 7.11. The molecule has 5 nitrogen and oxygen atoms in total. The van der Waals surface area contributed by atoms with Crippen LogP contribution in [-0.2, 0) is 11.3 Å². The van der Waals surface area contributed by atoms with E-state index >= 15 is 0 Å². The van der Waals surface area contributed by atoms with Crippen LogP contribution in [0, 0.1) is 0 Å². The standard InChI is InChI=1S/C24H23N3O2S/c1-3-27-23(29)20-12-6-7-14-21(20)26-24(27)30-15-22(28)25-16(2)18-13-8-10-17-9-4-5-11-19(17)18/h4-14,16H,3,15H2,1-2H3,(H,25,28)/t16-/m1/s1. The summed E-state index contributed by atoms with van der Waals surface area (Å²) in [6, 6.07) is 21.4. The van der Waals surface area contributed by atoms with Gasteiger partial charge in [-0.3, -0.25) is 14.2 Å². The van der Waals surface area contributed by atoms with Crippen molar-refractivity contribution in [2.45, 2.75) is 31.6 Å². The monoisotopic (exact) mass is 417 g/mol. The molecule has 1 atom stereocenters. The maximum Gasteiger partial charge on any atom is 0.262 e. The van der Waals surface area contributed by atoms with Crippen molar-refractivity contribution in [1.29, 1.82) is 0 Å². The highest BCUT2D eigenvalue weighted by Crippen LogP contribution is 2.24. The van der Waals surface area contributed by atoms with Gasteiger partial charge in [-0.1, -0.05) is 66.4 Å². The number of hydrogen-bond donors (Lipinski definition) is 1. The van der Waals surface area contributed by atoms with Crippen molar-refractivity contribution < 1.29 is 4.79 Å². The predicted octanol–water partition coefficient (Wildman–Crippen LogP) is 4.54. The van der Waals surface area contributed by atoms with E-state index in [1.165, 1.54) is 11.8 Å². The van der Waals surface area contributed by atoms with Crippen LogP contribution in [0.4, 0.5) is 0 Å². The third kappa shape index (κ3) is 3.96. The molecule has 0 spiro atoms. The van der Waals surface area contributed by atoms with Crippen LogP contribution in [0.1, 0.15) is 25.5 Å². The minimum atomic E-state index is -0.123. The zero-order valence-corrected chi connectivity index (χ0v) is 17.8. The highest BCUT2D eigenvalue weighted by Gasteiger charge is 2.15. The first-order valence-electron chi connectivity index (χ1n) is 9.98. The molecule has 4 aromatic rings. The molecule has 30 heavy (non-hydrogen) atoms. The summed E-state index contributed by atoms with van der Waals surface area (Å²) >= 11 is 1.29. The number of rotatable bonds is 6. The Morgan fingerprint density at radius 3 is 2.53 bits per heavy atom. The molecule has 0 fully saturated rings. The average Bonchev–Trinajstić information content (AvgIpc) is 2.77. The van der Waals surface area contributed by atoms with Gasteiger partial charge in [0, 0.05) is 6.54 Å². The van der Waals surface area contributed by atoms with E-state index in [-0.39, 0.29) is 23.3 Å². The first kappa shape index (κ1) is 20.2. The summed E-state index contributed by atoms with van der Waals surface area (Å²) in [5.74, 6) is 0.102. The first-order valence-corrected chi connectivity index (χ1v) is 11.0. The van der Waals surface area contributed by atoms with Gasteiger partial charge in [0.2, 0.25) is 5.91 Å². The summed E-state index contributed by atoms with van der Waals surface area (Å²) in [4.78, 5) is 30.0. The lowest BCUT2D eigenvalue weighted by Gasteiger charge is -2.17. The topological polar surface area (TPSA) is 64.0 Å². The predicted molar refractivity (Wildman–Crippen MR) is 123 cm³/mol. The molecule has 6 heteroatoms. The van der Waals surface area contributed by atoms with Gasteiger partial charge >= 0.3 is 0 Å². The maximum atomic E-state index is 12.7. The first-order chi connectivity index (χ1) is 14.6. The number of fused-ring (bicyclic) bond motifs is 2. The van der Waals surface area contributed by atoms with Crippen LogP contribution in [-0.4, -0.2) is 21.2 Å². The number of carbonyl (C=O) groups is 1. The number of hydrogen-bond acceptors (Lipinski definition) is 4. The Morgan fingerprint density at radius 2 is 1.73 bits per heavy atom. The number of thioether (sulfide) groups is 1. The molecule has 1 aromatic heterocycles. The van der Waals surface area contributed by atoms with Gasteiger partial charge in [-0.2, -0.15) is 0 Å². The molecule has 1 amide bonds. The van der Waals surface area contributed by atoms with Gasteiger partial charge in [0.05, 0.1) is 22.7 Å². The van der Waals surface area contributed by atoms with Gasteiger partial charge in [0.15, 0.2) is 5.16 Å². The van der Waals surface area contributed by atoms with Crippen molar-refractivity contribution in [1.82, 2.24) is 14.9 Å². The summed E-state index contributed by atoms with van der Waals surface area (Å²) < 4.78 is 1.62. The summed E-state index contributed by atoms with van der Waals surface area (Å²) in [5, 5.41) is 6.52. The van der Waals surface area contributed by atoms with Crippen LogP contribution in [0.15, 0.2) is 76.7 Å². The summed E-state index contributed by atoms with van der Waals surface area (Å²) in [6.45, 7) is 4.40. The largest absolute Gasteiger partial charge is 0.349 e. The zero-order valence-electron chi connectivity index (χ0n) is 17.0. The van der Waals surface area contributed by atoms with E-state index in [4.69, 9.17) is 0 Å². The highest BCUT2D eigenvalue weighted by molar-refractivity contribution is 7.99. The van der Waals surface area contributed by atoms with Crippen molar-refractivity contribution >= 4 is 39.3 Å². The number of nitrogens with zero attached hydrogens (tertiary/aromatic N) is 2. The Balaban J connectivity index is 1.50. The van der Waals surface area contributed by atoms with Gasteiger partial charge in [0.25, 0.3) is 5.56 Å². The third-order valence-electron chi connectivity index (χ3n) is 5.14. The number of amides is 1. The smallest absolute Gasteiger partial charge is 0.262 e. The van der Waals surface area contributed by atoms with Crippen molar-refractivity contribution in [3.05, 3.63) is 82.6 Å². The number of para-hydroxylation sites is 1. The molecule has 0 unspecified atom stereocenters. The molecule has 1 N–H and O–H groups in total. The van der Waals surface area contributed by atoms with E-state index in [1.54, 1.807) is 10.6 Å². The van der Waals surface area contributed by atoms with Crippen molar-refractivity contribution in [3.8, 4) is 0 Å². The summed E-state index contributed by atoms with van der Waals surface area (Å²) in [6.07, 6.45) is 0. The van der Waals surface area contributed by atoms with Crippen molar-refractivity contribution in [2.75, 3.05) is 5.75 Å².